The first-order valence-corrected chi connectivity index (χ1v) is 10.4. The van der Waals surface area contributed by atoms with Gasteiger partial charge in [0, 0.05) is 18.7 Å². The Morgan fingerprint density at radius 2 is 1.84 bits per heavy atom. The van der Waals surface area contributed by atoms with Crippen LogP contribution in [0.25, 0.3) is 5.69 Å². The van der Waals surface area contributed by atoms with E-state index in [4.69, 9.17) is 5.73 Å². The van der Waals surface area contributed by atoms with Gasteiger partial charge < -0.3 is 10.6 Å². The summed E-state index contributed by atoms with van der Waals surface area (Å²) >= 11 is 0. The van der Waals surface area contributed by atoms with Crippen LogP contribution >= 0.6 is 0 Å². The number of hydrogen-bond acceptors (Lipinski definition) is 5. The molecule has 32 heavy (non-hydrogen) atoms. The van der Waals surface area contributed by atoms with Crippen molar-refractivity contribution in [2.75, 3.05) is 18.8 Å². The van der Waals surface area contributed by atoms with Gasteiger partial charge in [0.2, 0.25) is 5.95 Å². The maximum atomic E-state index is 13.0. The van der Waals surface area contributed by atoms with Crippen LogP contribution in [0.1, 0.15) is 40.7 Å². The Morgan fingerprint density at radius 1 is 1.09 bits per heavy atom. The summed E-state index contributed by atoms with van der Waals surface area (Å²) in [5, 5.41) is 11.0. The van der Waals surface area contributed by atoms with Crippen molar-refractivity contribution in [2.45, 2.75) is 31.9 Å². The first-order chi connectivity index (χ1) is 15.3. The van der Waals surface area contributed by atoms with Crippen LogP contribution in [-0.4, -0.2) is 44.1 Å². The van der Waals surface area contributed by atoms with Gasteiger partial charge in [-0.25, -0.2) is 0 Å². The van der Waals surface area contributed by atoms with Gasteiger partial charge in [-0.3, -0.25) is 4.79 Å². The highest BCUT2D eigenvalue weighted by atomic mass is 19.4. The van der Waals surface area contributed by atoms with Gasteiger partial charge >= 0.3 is 6.18 Å². The number of carbonyl (C=O) groups excluding carboxylic acids is 1. The number of hydrogen-bond donors (Lipinski definition) is 1. The van der Waals surface area contributed by atoms with E-state index >= 15 is 0 Å². The summed E-state index contributed by atoms with van der Waals surface area (Å²) in [5.41, 5.74) is 6.95. The molecule has 2 N–H and O–H groups in total. The number of piperidine rings is 1. The average molecular weight is 444 g/mol. The number of benzene rings is 2. The smallest absolute Gasteiger partial charge is 0.366 e. The summed E-state index contributed by atoms with van der Waals surface area (Å²) in [5.74, 6) is 0.437. The van der Waals surface area contributed by atoms with E-state index in [0.29, 0.717) is 42.2 Å². The second-order valence-corrected chi connectivity index (χ2v) is 7.97. The van der Waals surface area contributed by atoms with Gasteiger partial charge in [0.05, 0.1) is 11.3 Å². The number of nitrogens with zero attached hydrogens (tertiary/aromatic N) is 5. The number of carbonyl (C=O) groups is 1. The van der Waals surface area contributed by atoms with E-state index in [0.717, 1.165) is 25.3 Å². The molecule has 1 aliphatic rings. The van der Waals surface area contributed by atoms with Gasteiger partial charge in [-0.15, -0.1) is 0 Å². The minimum absolute atomic E-state index is 0.0742. The number of nitrogen functional groups attached to an aromatic ring is 1. The number of amides is 1. The van der Waals surface area contributed by atoms with Crippen LogP contribution in [0, 0.1) is 5.92 Å². The van der Waals surface area contributed by atoms with E-state index < -0.39 is 11.7 Å². The normalized spacial score (nSPS) is 15.2. The third kappa shape index (κ3) is 4.90. The Morgan fingerprint density at radius 3 is 2.53 bits per heavy atom. The Kier molecular flexibility index (Phi) is 6.11. The highest BCUT2D eigenvalue weighted by Gasteiger charge is 2.30. The van der Waals surface area contributed by atoms with Crippen LogP contribution in [0.15, 0.2) is 48.5 Å². The molecule has 1 fully saturated rings. The summed E-state index contributed by atoms with van der Waals surface area (Å²) in [6, 6.07) is 12.5. The summed E-state index contributed by atoms with van der Waals surface area (Å²) in [6.45, 7) is 1.23. The second-order valence-electron chi connectivity index (χ2n) is 7.97. The Labute approximate surface area is 183 Å². The lowest BCUT2D eigenvalue weighted by Gasteiger charge is -2.32. The molecule has 0 saturated carbocycles. The molecule has 1 amide bonds. The van der Waals surface area contributed by atoms with Gasteiger partial charge in [-0.05, 0) is 71.9 Å². The summed E-state index contributed by atoms with van der Waals surface area (Å²) in [7, 11) is 0. The van der Waals surface area contributed by atoms with Crippen LogP contribution in [0.3, 0.4) is 0 Å². The predicted octanol–water partition coefficient (Wildman–Crippen LogP) is 3.75. The number of aromatic nitrogens is 4. The summed E-state index contributed by atoms with van der Waals surface area (Å²) in [4.78, 5) is 14.8. The molecule has 2 aromatic carbocycles. The zero-order valence-corrected chi connectivity index (χ0v) is 17.3. The van der Waals surface area contributed by atoms with Gasteiger partial charge in [-0.2, -0.15) is 17.9 Å². The first-order valence-electron chi connectivity index (χ1n) is 10.4. The lowest BCUT2D eigenvalue weighted by Crippen LogP contribution is -2.38. The van der Waals surface area contributed by atoms with Crippen molar-refractivity contribution in [1.29, 1.82) is 0 Å². The largest absolute Gasteiger partial charge is 0.416 e. The lowest BCUT2D eigenvalue weighted by atomic mass is 9.90. The molecule has 0 radical (unpaired) electrons. The van der Waals surface area contributed by atoms with Crippen molar-refractivity contribution in [1.82, 2.24) is 25.1 Å². The SMILES string of the molecule is Nc1nnnn1-c1cccc(C(=O)N2CCC(CCc3cccc(C(F)(F)F)c3)CC2)c1. The first kappa shape index (κ1) is 21.8. The summed E-state index contributed by atoms with van der Waals surface area (Å²) in [6.07, 6.45) is -1.28. The summed E-state index contributed by atoms with van der Waals surface area (Å²) < 4.78 is 40.0. The highest BCUT2D eigenvalue weighted by molar-refractivity contribution is 5.94. The molecule has 0 aliphatic carbocycles. The third-order valence-corrected chi connectivity index (χ3v) is 5.83. The number of nitrogens with two attached hydrogens (primary N) is 1. The third-order valence-electron chi connectivity index (χ3n) is 5.83. The van der Waals surface area contributed by atoms with Crippen LogP contribution in [0.5, 0.6) is 0 Å². The number of likely N-dealkylation sites (tertiary alicyclic amines) is 1. The fraction of sp³-hybridized carbons (Fsp3) is 0.364. The quantitative estimate of drug-likeness (QED) is 0.647. The Hall–Kier alpha value is -3.43. The molecular formula is C22H23F3N6O. The molecule has 0 bridgehead atoms. The molecule has 0 unspecified atom stereocenters. The maximum absolute atomic E-state index is 13.0. The molecule has 168 valence electrons. The van der Waals surface area contributed by atoms with Gasteiger partial charge in [0.1, 0.15) is 0 Å². The molecule has 1 aromatic heterocycles. The fourth-order valence-corrected chi connectivity index (χ4v) is 4.03. The monoisotopic (exact) mass is 444 g/mol. The topological polar surface area (TPSA) is 89.9 Å². The second kappa shape index (κ2) is 8.97. The molecule has 4 rings (SSSR count). The number of alkyl halides is 3. The van der Waals surface area contributed by atoms with Crippen molar-refractivity contribution < 1.29 is 18.0 Å². The molecule has 10 heteroatoms. The number of anilines is 1. The standard InChI is InChI=1S/C22H23F3N6O/c23-22(24,25)18-5-1-3-16(13-18)8-7-15-9-11-30(12-10-15)20(32)17-4-2-6-19(14-17)31-21(26)27-28-29-31/h1-6,13-15H,7-12H2,(H2,26,27,29). The molecule has 0 atom stereocenters. The highest BCUT2D eigenvalue weighted by Crippen LogP contribution is 2.30. The van der Waals surface area contributed by atoms with Crippen molar-refractivity contribution in [3.05, 3.63) is 65.2 Å². The molecule has 1 saturated heterocycles. The number of halogens is 3. The average Bonchev–Trinajstić information content (AvgIpc) is 3.23. The van der Waals surface area contributed by atoms with Crippen molar-refractivity contribution in [3.8, 4) is 5.69 Å². The van der Waals surface area contributed by atoms with Gasteiger partial charge in [-0.1, -0.05) is 29.4 Å². The molecule has 1 aliphatic heterocycles. The van der Waals surface area contributed by atoms with Gasteiger partial charge in [0.15, 0.2) is 0 Å². The van der Waals surface area contributed by atoms with Gasteiger partial charge in [0.25, 0.3) is 5.91 Å². The van der Waals surface area contributed by atoms with E-state index in [1.54, 1.807) is 30.3 Å². The molecule has 3 aromatic rings. The van der Waals surface area contributed by atoms with Crippen molar-refractivity contribution in [3.63, 3.8) is 0 Å². The van der Waals surface area contributed by atoms with E-state index in [-0.39, 0.29) is 11.9 Å². The van der Waals surface area contributed by atoms with Crippen molar-refractivity contribution in [2.24, 2.45) is 5.92 Å². The zero-order valence-electron chi connectivity index (χ0n) is 17.3. The predicted molar refractivity (Wildman–Crippen MR) is 112 cm³/mol. The van der Waals surface area contributed by atoms with Crippen LogP contribution in [-0.2, 0) is 12.6 Å². The number of aryl methyl sites for hydroxylation is 1. The zero-order chi connectivity index (χ0) is 22.7. The van der Waals surface area contributed by atoms with E-state index in [1.165, 1.54) is 16.8 Å². The Bertz CT molecular complexity index is 1090. The van der Waals surface area contributed by atoms with Crippen molar-refractivity contribution >= 4 is 11.9 Å². The van der Waals surface area contributed by atoms with Crippen LogP contribution < -0.4 is 5.73 Å². The van der Waals surface area contributed by atoms with Crippen LogP contribution in [0.2, 0.25) is 0 Å². The minimum Gasteiger partial charge on any atom is -0.366 e. The van der Waals surface area contributed by atoms with E-state index in [1.807, 2.05) is 4.90 Å². The number of rotatable bonds is 5. The van der Waals surface area contributed by atoms with E-state index in [2.05, 4.69) is 15.5 Å². The Balaban J connectivity index is 1.32. The lowest BCUT2D eigenvalue weighted by molar-refractivity contribution is -0.137. The fourth-order valence-electron chi connectivity index (χ4n) is 4.03. The van der Waals surface area contributed by atoms with E-state index in [9.17, 15) is 18.0 Å². The molecule has 2 heterocycles. The molecule has 7 nitrogen and oxygen atoms in total. The minimum atomic E-state index is -4.32. The molecule has 0 spiro atoms. The maximum Gasteiger partial charge on any atom is 0.416 e. The van der Waals surface area contributed by atoms with Crippen LogP contribution in [0.4, 0.5) is 19.1 Å². The number of tetrazole rings is 1. The molecular weight excluding hydrogens is 421 g/mol.